The highest BCUT2D eigenvalue weighted by Crippen LogP contribution is 2.28. The van der Waals surface area contributed by atoms with E-state index >= 15 is 0 Å². The summed E-state index contributed by atoms with van der Waals surface area (Å²) >= 11 is 1.39. The molecule has 4 aromatic rings. The van der Waals surface area contributed by atoms with Crippen molar-refractivity contribution in [1.82, 2.24) is 14.6 Å². The van der Waals surface area contributed by atoms with E-state index in [4.69, 9.17) is 4.74 Å². The summed E-state index contributed by atoms with van der Waals surface area (Å²) in [7, 11) is 0. The predicted octanol–water partition coefficient (Wildman–Crippen LogP) is 5.59. The third-order valence-electron chi connectivity index (χ3n) is 4.72. The van der Waals surface area contributed by atoms with Crippen molar-refractivity contribution in [1.29, 1.82) is 0 Å². The van der Waals surface area contributed by atoms with Gasteiger partial charge in [-0.05, 0) is 41.5 Å². The maximum absolute atomic E-state index is 12.9. The number of nitrogens with one attached hydrogen (secondary N) is 1. The summed E-state index contributed by atoms with van der Waals surface area (Å²) in [5, 5.41) is 9.10. The molecule has 1 amide bonds. The molecule has 7 nitrogen and oxygen atoms in total. The SMILES string of the molecule is Cc1cnc2c(C(=O)c3cccs3)cnn2c1-c1cccc(NC(=O)OCC(C)(C)C)c1. The van der Waals surface area contributed by atoms with E-state index in [-0.39, 0.29) is 11.2 Å². The Hall–Kier alpha value is -3.52. The molecule has 0 unspecified atom stereocenters. The Balaban J connectivity index is 1.67. The van der Waals surface area contributed by atoms with Gasteiger partial charge < -0.3 is 4.74 Å². The van der Waals surface area contributed by atoms with E-state index in [1.807, 2.05) is 57.3 Å². The van der Waals surface area contributed by atoms with Crippen LogP contribution in [0.4, 0.5) is 10.5 Å². The second-order valence-corrected chi connectivity index (χ2v) is 9.68. The third-order valence-corrected chi connectivity index (χ3v) is 5.59. The summed E-state index contributed by atoms with van der Waals surface area (Å²) in [5.74, 6) is -0.102. The van der Waals surface area contributed by atoms with Gasteiger partial charge in [-0.2, -0.15) is 5.10 Å². The molecular formula is C24H24N4O3S. The van der Waals surface area contributed by atoms with Crippen molar-refractivity contribution in [2.45, 2.75) is 27.7 Å². The Kier molecular flexibility index (Phi) is 5.80. The highest BCUT2D eigenvalue weighted by molar-refractivity contribution is 7.12. The van der Waals surface area contributed by atoms with Crippen molar-refractivity contribution in [3.05, 3.63) is 70.2 Å². The minimum Gasteiger partial charge on any atom is -0.449 e. The van der Waals surface area contributed by atoms with Gasteiger partial charge in [-0.1, -0.05) is 39.0 Å². The van der Waals surface area contributed by atoms with Crippen LogP contribution in [0.15, 0.2) is 54.2 Å². The van der Waals surface area contributed by atoms with E-state index in [0.717, 1.165) is 16.8 Å². The lowest BCUT2D eigenvalue weighted by Crippen LogP contribution is -2.21. The highest BCUT2D eigenvalue weighted by Gasteiger charge is 2.20. The normalized spacial score (nSPS) is 11.5. The van der Waals surface area contributed by atoms with Crippen molar-refractivity contribution < 1.29 is 14.3 Å². The van der Waals surface area contributed by atoms with Crippen LogP contribution in [0.2, 0.25) is 0 Å². The van der Waals surface area contributed by atoms with E-state index in [1.54, 1.807) is 29.0 Å². The van der Waals surface area contributed by atoms with Gasteiger partial charge >= 0.3 is 6.09 Å². The molecule has 0 bridgehead atoms. The van der Waals surface area contributed by atoms with Gasteiger partial charge in [0.05, 0.1) is 28.9 Å². The molecule has 0 fully saturated rings. The molecule has 0 atom stereocenters. The molecule has 0 radical (unpaired) electrons. The zero-order valence-electron chi connectivity index (χ0n) is 18.4. The Morgan fingerprint density at radius 2 is 1.97 bits per heavy atom. The smallest absolute Gasteiger partial charge is 0.411 e. The Morgan fingerprint density at radius 3 is 2.69 bits per heavy atom. The number of aromatic nitrogens is 3. The van der Waals surface area contributed by atoms with Gasteiger partial charge in [0.25, 0.3) is 0 Å². The summed E-state index contributed by atoms with van der Waals surface area (Å²) in [6.07, 6.45) is 2.78. The number of hydrogen-bond acceptors (Lipinski definition) is 6. The van der Waals surface area contributed by atoms with Crippen LogP contribution < -0.4 is 5.32 Å². The number of thiophene rings is 1. The average Bonchev–Trinajstić information content (AvgIpc) is 3.41. The molecule has 0 aliphatic carbocycles. The van der Waals surface area contributed by atoms with Crippen LogP contribution in [0.25, 0.3) is 16.9 Å². The van der Waals surface area contributed by atoms with Crippen LogP contribution in [-0.4, -0.2) is 33.1 Å². The summed E-state index contributed by atoms with van der Waals surface area (Å²) in [4.78, 5) is 30.2. The topological polar surface area (TPSA) is 85.6 Å². The first kappa shape index (κ1) is 21.7. The average molecular weight is 449 g/mol. The molecule has 0 spiro atoms. The number of rotatable bonds is 5. The molecule has 1 N–H and O–H groups in total. The Morgan fingerprint density at radius 1 is 1.16 bits per heavy atom. The van der Waals surface area contributed by atoms with Gasteiger partial charge in [-0.25, -0.2) is 14.3 Å². The third kappa shape index (κ3) is 4.55. The predicted molar refractivity (Wildman–Crippen MR) is 125 cm³/mol. The molecule has 0 saturated carbocycles. The molecule has 164 valence electrons. The maximum Gasteiger partial charge on any atom is 0.411 e. The number of aryl methyl sites for hydroxylation is 1. The number of nitrogens with zero attached hydrogens (tertiary/aromatic N) is 3. The van der Waals surface area contributed by atoms with Crippen molar-refractivity contribution in [2.75, 3.05) is 11.9 Å². The zero-order chi connectivity index (χ0) is 22.9. The van der Waals surface area contributed by atoms with E-state index in [1.165, 1.54) is 11.3 Å². The van der Waals surface area contributed by atoms with E-state index < -0.39 is 6.09 Å². The number of carbonyl (C=O) groups is 2. The molecule has 8 heteroatoms. The molecule has 1 aromatic carbocycles. The fraction of sp³-hybridized carbons (Fsp3) is 0.250. The number of ketones is 1. The molecule has 0 aliphatic rings. The summed E-state index contributed by atoms with van der Waals surface area (Å²) in [6, 6.07) is 11.1. The second-order valence-electron chi connectivity index (χ2n) is 8.73. The van der Waals surface area contributed by atoms with Gasteiger partial charge in [-0.3, -0.25) is 10.1 Å². The fourth-order valence-electron chi connectivity index (χ4n) is 3.25. The molecule has 3 heterocycles. The first-order valence-corrected chi connectivity index (χ1v) is 11.1. The fourth-order valence-corrected chi connectivity index (χ4v) is 3.92. The van der Waals surface area contributed by atoms with E-state index in [0.29, 0.717) is 28.4 Å². The van der Waals surface area contributed by atoms with Gasteiger partial charge in [-0.15, -0.1) is 11.3 Å². The van der Waals surface area contributed by atoms with Crippen molar-refractivity contribution in [2.24, 2.45) is 5.41 Å². The monoisotopic (exact) mass is 448 g/mol. The van der Waals surface area contributed by atoms with E-state index in [2.05, 4.69) is 15.4 Å². The van der Waals surface area contributed by atoms with E-state index in [9.17, 15) is 9.59 Å². The number of amides is 1. The van der Waals surface area contributed by atoms with Crippen LogP contribution >= 0.6 is 11.3 Å². The minimum absolute atomic E-state index is 0.102. The lowest BCUT2D eigenvalue weighted by molar-refractivity contribution is 0.104. The lowest BCUT2D eigenvalue weighted by atomic mass is 9.99. The van der Waals surface area contributed by atoms with Gasteiger partial charge in [0, 0.05) is 17.4 Å². The van der Waals surface area contributed by atoms with Crippen molar-refractivity contribution >= 4 is 34.5 Å². The van der Waals surface area contributed by atoms with Crippen molar-refractivity contribution in [3.8, 4) is 11.3 Å². The van der Waals surface area contributed by atoms with Crippen LogP contribution in [0, 0.1) is 12.3 Å². The second kappa shape index (κ2) is 8.55. The van der Waals surface area contributed by atoms with Crippen molar-refractivity contribution in [3.63, 3.8) is 0 Å². The van der Waals surface area contributed by atoms with Crippen LogP contribution in [0.1, 0.15) is 41.6 Å². The van der Waals surface area contributed by atoms with Crippen LogP contribution in [-0.2, 0) is 4.74 Å². The standard InChI is InChI=1S/C24H24N4O3S/c1-15-12-25-22-18(21(29)19-9-6-10-32-19)13-26-28(22)20(15)16-7-5-8-17(11-16)27-23(30)31-14-24(2,3)4/h5-13H,14H2,1-4H3,(H,27,30). The first-order chi connectivity index (χ1) is 15.2. The molecular weight excluding hydrogens is 424 g/mol. The molecule has 0 aliphatic heterocycles. The van der Waals surface area contributed by atoms with Gasteiger partial charge in [0.15, 0.2) is 5.65 Å². The highest BCUT2D eigenvalue weighted by atomic mass is 32.1. The number of carbonyl (C=O) groups excluding carboxylic acids is 2. The lowest BCUT2D eigenvalue weighted by Gasteiger charge is -2.18. The largest absolute Gasteiger partial charge is 0.449 e. The summed E-state index contributed by atoms with van der Waals surface area (Å²) in [6.45, 7) is 8.25. The number of anilines is 1. The van der Waals surface area contributed by atoms with Gasteiger partial charge in [0.2, 0.25) is 5.78 Å². The molecule has 32 heavy (non-hydrogen) atoms. The maximum atomic E-state index is 12.9. The van der Waals surface area contributed by atoms with Gasteiger partial charge in [0.1, 0.15) is 0 Å². The Labute approximate surface area is 190 Å². The summed E-state index contributed by atoms with van der Waals surface area (Å²) < 4.78 is 6.97. The Bertz CT molecular complexity index is 1290. The molecule has 4 rings (SSSR count). The summed E-state index contributed by atoms with van der Waals surface area (Å²) in [5.41, 5.74) is 3.96. The van der Waals surface area contributed by atoms with Crippen LogP contribution in [0.3, 0.4) is 0 Å². The number of fused-ring (bicyclic) bond motifs is 1. The first-order valence-electron chi connectivity index (χ1n) is 10.2. The minimum atomic E-state index is -0.503. The molecule has 0 saturated heterocycles. The number of ether oxygens (including phenoxy) is 1. The number of hydrogen-bond donors (Lipinski definition) is 1. The van der Waals surface area contributed by atoms with Crippen LogP contribution in [0.5, 0.6) is 0 Å². The quantitative estimate of drug-likeness (QED) is 0.402. The molecule has 3 aromatic heterocycles. The number of benzene rings is 1. The zero-order valence-corrected chi connectivity index (χ0v) is 19.2.